The number of rotatable bonds is 3. The summed E-state index contributed by atoms with van der Waals surface area (Å²) in [5.74, 6) is 0.258. The molecule has 0 fully saturated rings. The lowest BCUT2D eigenvalue weighted by atomic mass is 10.2. The maximum atomic E-state index is 12.8. The predicted molar refractivity (Wildman–Crippen MR) is 63.3 cm³/mol. The molecule has 0 aromatic heterocycles. The van der Waals surface area contributed by atoms with Crippen LogP contribution in [-0.4, -0.2) is 5.11 Å². The zero-order valence-corrected chi connectivity index (χ0v) is 9.06. The maximum absolute atomic E-state index is 12.8. The Morgan fingerprint density at radius 3 is 2.47 bits per heavy atom. The number of aromatic hydroxyl groups is 1. The minimum absolute atomic E-state index is 0.204. The lowest BCUT2D eigenvalue weighted by Gasteiger charge is -2.08. The summed E-state index contributed by atoms with van der Waals surface area (Å²) < 4.78 is 18.2. The minimum atomic E-state index is -0.389. The van der Waals surface area contributed by atoms with Crippen LogP contribution < -0.4 is 10.5 Å². The molecule has 0 radical (unpaired) electrons. The monoisotopic (exact) mass is 233 g/mol. The van der Waals surface area contributed by atoms with E-state index < -0.39 is 0 Å². The van der Waals surface area contributed by atoms with Crippen molar-refractivity contribution in [2.75, 3.05) is 5.73 Å². The third-order valence-electron chi connectivity index (χ3n) is 2.30. The molecule has 0 aliphatic heterocycles. The van der Waals surface area contributed by atoms with Crippen molar-refractivity contribution in [2.24, 2.45) is 0 Å². The molecule has 0 unspecified atom stereocenters. The van der Waals surface area contributed by atoms with Crippen molar-refractivity contribution in [1.29, 1.82) is 0 Å². The van der Waals surface area contributed by atoms with Crippen LogP contribution >= 0.6 is 0 Å². The Balaban J connectivity index is 2.04. The van der Waals surface area contributed by atoms with Crippen molar-refractivity contribution in [2.45, 2.75) is 6.61 Å². The van der Waals surface area contributed by atoms with E-state index in [0.29, 0.717) is 12.4 Å². The van der Waals surface area contributed by atoms with Crippen molar-refractivity contribution in [3.8, 4) is 11.5 Å². The summed E-state index contributed by atoms with van der Waals surface area (Å²) in [6, 6.07) is 10.6. The number of halogens is 1. The number of hydrogen-bond donors (Lipinski definition) is 2. The van der Waals surface area contributed by atoms with E-state index in [-0.39, 0.29) is 17.3 Å². The highest BCUT2D eigenvalue weighted by Crippen LogP contribution is 2.23. The lowest BCUT2D eigenvalue weighted by Crippen LogP contribution is -1.98. The van der Waals surface area contributed by atoms with Crippen LogP contribution in [0, 0.1) is 5.82 Å². The first-order valence-corrected chi connectivity index (χ1v) is 5.11. The third kappa shape index (κ3) is 2.87. The average molecular weight is 233 g/mol. The first-order chi connectivity index (χ1) is 8.15. The summed E-state index contributed by atoms with van der Waals surface area (Å²) in [5.41, 5.74) is 6.77. The summed E-state index contributed by atoms with van der Waals surface area (Å²) in [6.07, 6.45) is 0. The zero-order valence-electron chi connectivity index (χ0n) is 9.06. The molecule has 0 amide bonds. The second kappa shape index (κ2) is 4.74. The summed E-state index contributed by atoms with van der Waals surface area (Å²) in [4.78, 5) is 0. The molecule has 2 rings (SSSR count). The molecule has 0 atom stereocenters. The van der Waals surface area contributed by atoms with E-state index in [9.17, 15) is 4.39 Å². The quantitative estimate of drug-likeness (QED) is 0.801. The fraction of sp³-hybridized carbons (Fsp3) is 0.0769. The van der Waals surface area contributed by atoms with E-state index in [1.165, 1.54) is 18.2 Å². The van der Waals surface area contributed by atoms with Crippen LogP contribution in [0.5, 0.6) is 11.5 Å². The van der Waals surface area contributed by atoms with Gasteiger partial charge in [0.2, 0.25) is 0 Å². The standard InChI is InChI=1S/C13H12FNO2/c14-10-3-6-13(12(15)7-10)17-8-9-1-4-11(16)5-2-9/h1-7,16H,8,15H2. The van der Waals surface area contributed by atoms with Crippen LogP contribution in [0.1, 0.15) is 5.56 Å². The molecular weight excluding hydrogens is 221 g/mol. The van der Waals surface area contributed by atoms with Crippen molar-refractivity contribution in [3.63, 3.8) is 0 Å². The van der Waals surface area contributed by atoms with Crippen LogP contribution in [0.2, 0.25) is 0 Å². The molecule has 3 nitrogen and oxygen atoms in total. The largest absolute Gasteiger partial charge is 0.508 e. The average Bonchev–Trinajstić information content (AvgIpc) is 2.30. The molecule has 0 aliphatic carbocycles. The maximum Gasteiger partial charge on any atom is 0.142 e. The van der Waals surface area contributed by atoms with Gasteiger partial charge in [-0.2, -0.15) is 0 Å². The van der Waals surface area contributed by atoms with Crippen molar-refractivity contribution >= 4 is 5.69 Å². The molecule has 0 aliphatic rings. The molecule has 2 aromatic rings. The molecule has 3 N–H and O–H groups in total. The molecule has 17 heavy (non-hydrogen) atoms. The molecule has 4 heteroatoms. The smallest absolute Gasteiger partial charge is 0.142 e. The van der Waals surface area contributed by atoms with Crippen LogP contribution in [0.25, 0.3) is 0 Å². The Hall–Kier alpha value is -2.23. The fourth-order valence-electron chi connectivity index (χ4n) is 1.40. The minimum Gasteiger partial charge on any atom is -0.508 e. The third-order valence-corrected chi connectivity index (χ3v) is 2.30. The van der Waals surface area contributed by atoms with Crippen LogP contribution in [0.15, 0.2) is 42.5 Å². The van der Waals surface area contributed by atoms with Crippen molar-refractivity contribution in [1.82, 2.24) is 0 Å². The number of nitrogens with two attached hydrogens (primary N) is 1. The van der Waals surface area contributed by atoms with E-state index >= 15 is 0 Å². The van der Waals surface area contributed by atoms with E-state index in [4.69, 9.17) is 15.6 Å². The number of benzene rings is 2. The molecule has 0 heterocycles. The summed E-state index contributed by atoms with van der Waals surface area (Å²) in [7, 11) is 0. The number of anilines is 1. The molecule has 2 aromatic carbocycles. The molecule has 88 valence electrons. The summed E-state index contributed by atoms with van der Waals surface area (Å²) in [6.45, 7) is 0.316. The highest BCUT2D eigenvalue weighted by Gasteiger charge is 2.02. The molecular formula is C13H12FNO2. The fourth-order valence-corrected chi connectivity index (χ4v) is 1.40. The van der Waals surface area contributed by atoms with Crippen molar-refractivity contribution in [3.05, 3.63) is 53.8 Å². The summed E-state index contributed by atoms with van der Waals surface area (Å²) in [5, 5.41) is 9.11. The highest BCUT2D eigenvalue weighted by molar-refractivity contribution is 5.52. The molecule has 0 bridgehead atoms. The molecule has 0 spiro atoms. The topological polar surface area (TPSA) is 55.5 Å². The van der Waals surface area contributed by atoms with Gasteiger partial charge in [-0.05, 0) is 29.8 Å². The Morgan fingerprint density at radius 2 is 1.82 bits per heavy atom. The number of phenolic OH excluding ortho intramolecular Hbond substituents is 1. The van der Waals surface area contributed by atoms with E-state index in [2.05, 4.69) is 0 Å². The first-order valence-electron chi connectivity index (χ1n) is 5.11. The number of phenols is 1. The van der Waals surface area contributed by atoms with Gasteiger partial charge >= 0.3 is 0 Å². The van der Waals surface area contributed by atoms with Gasteiger partial charge in [0.15, 0.2) is 0 Å². The Morgan fingerprint density at radius 1 is 1.12 bits per heavy atom. The van der Waals surface area contributed by atoms with Gasteiger partial charge in [-0.15, -0.1) is 0 Å². The second-order valence-electron chi connectivity index (χ2n) is 3.64. The van der Waals surface area contributed by atoms with E-state index in [0.717, 1.165) is 5.56 Å². The van der Waals surface area contributed by atoms with Gasteiger partial charge in [-0.25, -0.2) is 4.39 Å². The van der Waals surface area contributed by atoms with Gasteiger partial charge in [-0.1, -0.05) is 12.1 Å². The van der Waals surface area contributed by atoms with E-state index in [1.54, 1.807) is 24.3 Å². The van der Waals surface area contributed by atoms with Gasteiger partial charge in [0, 0.05) is 6.07 Å². The van der Waals surface area contributed by atoms with Gasteiger partial charge in [-0.3, -0.25) is 0 Å². The van der Waals surface area contributed by atoms with Crippen LogP contribution in [-0.2, 0) is 6.61 Å². The Kier molecular flexibility index (Phi) is 3.14. The Bertz CT molecular complexity index is 511. The molecule has 0 saturated carbocycles. The second-order valence-corrected chi connectivity index (χ2v) is 3.64. The van der Waals surface area contributed by atoms with Crippen LogP contribution in [0.4, 0.5) is 10.1 Å². The van der Waals surface area contributed by atoms with Gasteiger partial charge in [0.1, 0.15) is 23.9 Å². The normalized spacial score (nSPS) is 10.2. The number of hydrogen-bond acceptors (Lipinski definition) is 3. The summed E-state index contributed by atoms with van der Waals surface area (Å²) >= 11 is 0. The Labute approximate surface area is 98.3 Å². The van der Waals surface area contributed by atoms with Gasteiger partial charge in [0.25, 0.3) is 0 Å². The zero-order chi connectivity index (χ0) is 12.3. The van der Waals surface area contributed by atoms with Crippen LogP contribution in [0.3, 0.4) is 0 Å². The molecule has 0 saturated heterocycles. The highest BCUT2D eigenvalue weighted by atomic mass is 19.1. The van der Waals surface area contributed by atoms with Gasteiger partial charge in [0.05, 0.1) is 5.69 Å². The van der Waals surface area contributed by atoms with E-state index in [1.807, 2.05) is 0 Å². The first kappa shape index (κ1) is 11.3. The predicted octanol–water partition coefficient (Wildman–Crippen LogP) is 2.69. The van der Waals surface area contributed by atoms with Crippen molar-refractivity contribution < 1.29 is 14.2 Å². The number of ether oxygens (including phenoxy) is 1. The number of nitrogen functional groups attached to an aromatic ring is 1. The SMILES string of the molecule is Nc1cc(F)ccc1OCc1ccc(O)cc1. The van der Waals surface area contributed by atoms with Gasteiger partial charge < -0.3 is 15.6 Å². The lowest BCUT2D eigenvalue weighted by molar-refractivity contribution is 0.307.